The standard InChI is InChI=1S/C24H15ClF2O5/c25-21(14-6-2-1-3-7-14)23(29)30-16-10-11-17-19(13-16)31-20(22(17)28)12-15-8-4-5-9-18(15)32-24(26)27/h1-13,21,24H/b20-12-. The number of carbonyl (C=O) groups excluding carboxylic acids is 2. The first-order chi connectivity index (χ1) is 15.4. The van der Waals surface area contributed by atoms with Gasteiger partial charge in [0.25, 0.3) is 0 Å². The lowest BCUT2D eigenvalue weighted by atomic mass is 10.1. The number of para-hydroxylation sites is 1. The Hall–Kier alpha value is -3.71. The maximum Gasteiger partial charge on any atom is 0.387 e. The molecule has 0 aliphatic carbocycles. The summed E-state index contributed by atoms with van der Waals surface area (Å²) in [4.78, 5) is 25.0. The van der Waals surface area contributed by atoms with Gasteiger partial charge in [-0.2, -0.15) is 8.78 Å². The molecule has 1 unspecified atom stereocenters. The van der Waals surface area contributed by atoms with E-state index in [1.165, 1.54) is 42.5 Å². The van der Waals surface area contributed by atoms with Gasteiger partial charge in [0.05, 0.1) is 5.56 Å². The van der Waals surface area contributed by atoms with Crippen LogP contribution in [0.3, 0.4) is 0 Å². The fourth-order valence-electron chi connectivity index (χ4n) is 3.10. The molecule has 1 heterocycles. The van der Waals surface area contributed by atoms with Crippen LogP contribution in [0.1, 0.15) is 26.9 Å². The van der Waals surface area contributed by atoms with E-state index in [2.05, 4.69) is 4.74 Å². The lowest BCUT2D eigenvalue weighted by Crippen LogP contribution is -2.14. The largest absolute Gasteiger partial charge is 0.452 e. The number of ketones is 1. The summed E-state index contributed by atoms with van der Waals surface area (Å²) in [7, 11) is 0. The van der Waals surface area contributed by atoms with Gasteiger partial charge in [0.1, 0.15) is 17.2 Å². The van der Waals surface area contributed by atoms with E-state index in [9.17, 15) is 18.4 Å². The summed E-state index contributed by atoms with van der Waals surface area (Å²) in [6, 6.07) is 19.0. The Morgan fingerprint density at radius 1 is 1.00 bits per heavy atom. The lowest BCUT2D eigenvalue weighted by molar-refractivity contribution is -0.134. The molecule has 32 heavy (non-hydrogen) atoms. The Kier molecular flexibility index (Phi) is 6.18. The smallest absolute Gasteiger partial charge is 0.387 e. The highest BCUT2D eigenvalue weighted by molar-refractivity contribution is 6.30. The molecule has 0 radical (unpaired) electrons. The van der Waals surface area contributed by atoms with Crippen molar-refractivity contribution in [2.45, 2.75) is 12.0 Å². The molecule has 4 rings (SSSR count). The number of halogens is 3. The Bertz CT molecular complexity index is 1190. The van der Waals surface area contributed by atoms with Crippen LogP contribution >= 0.6 is 11.6 Å². The zero-order valence-corrected chi connectivity index (χ0v) is 17.1. The third kappa shape index (κ3) is 4.63. The van der Waals surface area contributed by atoms with E-state index in [0.717, 1.165) is 0 Å². The summed E-state index contributed by atoms with van der Waals surface area (Å²) in [6.45, 7) is -3.01. The highest BCUT2D eigenvalue weighted by Crippen LogP contribution is 2.36. The van der Waals surface area contributed by atoms with Crippen LogP contribution in [0.4, 0.5) is 8.78 Å². The molecule has 1 aliphatic heterocycles. The molecule has 0 amide bonds. The normalized spacial score (nSPS) is 14.8. The summed E-state index contributed by atoms with van der Waals surface area (Å²) < 4.78 is 40.6. The molecule has 5 nitrogen and oxygen atoms in total. The molecule has 0 aromatic heterocycles. The van der Waals surface area contributed by atoms with Gasteiger partial charge < -0.3 is 14.2 Å². The molecular weight excluding hydrogens is 442 g/mol. The number of esters is 1. The van der Waals surface area contributed by atoms with Gasteiger partial charge in [-0.05, 0) is 29.8 Å². The minimum absolute atomic E-state index is 0.0756. The number of benzene rings is 3. The third-order valence-corrected chi connectivity index (χ3v) is 5.01. The number of Topliss-reactive ketones (excluding diaryl/α,β-unsaturated/α-hetero) is 1. The molecular formula is C24H15ClF2O5. The second-order valence-corrected chi connectivity index (χ2v) is 7.14. The van der Waals surface area contributed by atoms with Gasteiger partial charge in [-0.1, -0.05) is 48.5 Å². The third-order valence-electron chi connectivity index (χ3n) is 4.58. The summed E-state index contributed by atoms with van der Waals surface area (Å²) in [6.07, 6.45) is 1.32. The van der Waals surface area contributed by atoms with Gasteiger partial charge in [0.15, 0.2) is 11.1 Å². The van der Waals surface area contributed by atoms with Crippen LogP contribution < -0.4 is 14.2 Å². The Balaban J connectivity index is 1.53. The zero-order valence-electron chi connectivity index (χ0n) is 16.3. The van der Waals surface area contributed by atoms with E-state index in [-0.39, 0.29) is 34.1 Å². The number of ether oxygens (including phenoxy) is 3. The number of allylic oxidation sites excluding steroid dienone is 1. The first-order valence-electron chi connectivity index (χ1n) is 9.45. The van der Waals surface area contributed by atoms with Crippen molar-refractivity contribution in [1.29, 1.82) is 0 Å². The van der Waals surface area contributed by atoms with Crippen molar-refractivity contribution in [3.63, 3.8) is 0 Å². The predicted molar refractivity (Wildman–Crippen MR) is 113 cm³/mol. The first-order valence-corrected chi connectivity index (χ1v) is 9.89. The predicted octanol–water partition coefficient (Wildman–Crippen LogP) is 5.79. The average Bonchev–Trinajstić information content (AvgIpc) is 3.09. The molecule has 162 valence electrons. The highest BCUT2D eigenvalue weighted by atomic mass is 35.5. The number of hydrogen-bond acceptors (Lipinski definition) is 5. The Morgan fingerprint density at radius 2 is 1.72 bits per heavy atom. The second kappa shape index (κ2) is 9.20. The maximum absolute atomic E-state index is 12.7. The molecule has 0 spiro atoms. The minimum Gasteiger partial charge on any atom is -0.452 e. The molecule has 1 atom stereocenters. The Labute approximate surface area is 186 Å². The van der Waals surface area contributed by atoms with Crippen LogP contribution in [0.25, 0.3) is 6.08 Å². The van der Waals surface area contributed by atoms with Crippen molar-refractivity contribution < 1.29 is 32.6 Å². The Morgan fingerprint density at radius 3 is 2.47 bits per heavy atom. The van der Waals surface area contributed by atoms with E-state index in [4.69, 9.17) is 21.1 Å². The molecule has 0 saturated heterocycles. The summed E-state index contributed by atoms with van der Waals surface area (Å²) in [5.74, 6) is -0.977. The van der Waals surface area contributed by atoms with Crippen molar-refractivity contribution in [2.24, 2.45) is 0 Å². The van der Waals surface area contributed by atoms with E-state index >= 15 is 0 Å². The van der Waals surface area contributed by atoms with E-state index in [1.807, 2.05) is 0 Å². The lowest BCUT2D eigenvalue weighted by Gasteiger charge is -2.10. The van der Waals surface area contributed by atoms with Gasteiger partial charge in [-0.3, -0.25) is 4.79 Å². The van der Waals surface area contributed by atoms with Crippen LogP contribution in [0.2, 0.25) is 0 Å². The maximum atomic E-state index is 12.7. The first kappa shape index (κ1) is 21.5. The number of hydrogen-bond donors (Lipinski definition) is 0. The fourth-order valence-corrected chi connectivity index (χ4v) is 3.29. The van der Waals surface area contributed by atoms with Crippen LogP contribution in [0, 0.1) is 0 Å². The molecule has 0 N–H and O–H groups in total. The second-order valence-electron chi connectivity index (χ2n) is 6.71. The van der Waals surface area contributed by atoms with Gasteiger partial charge in [-0.25, -0.2) is 4.79 Å². The number of fused-ring (bicyclic) bond motifs is 1. The number of alkyl halides is 3. The average molecular weight is 457 g/mol. The van der Waals surface area contributed by atoms with Crippen molar-refractivity contribution in [3.8, 4) is 17.2 Å². The van der Waals surface area contributed by atoms with Gasteiger partial charge in [0.2, 0.25) is 5.78 Å². The van der Waals surface area contributed by atoms with Crippen LogP contribution in [-0.4, -0.2) is 18.4 Å². The van der Waals surface area contributed by atoms with E-state index in [0.29, 0.717) is 5.56 Å². The fraction of sp³-hybridized carbons (Fsp3) is 0.0833. The van der Waals surface area contributed by atoms with Crippen LogP contribution in [0.5, 0.6) is 17.2 Å². The number of rotatable bonds is 6. The minimum atomic E-state index is -3.01. The van der Waals surface area contributed by atoms with Crippen molar-refractivity contribution in [2.75, 3.05) is 0 Å². The SMILES string of the molecule is O=C1/C(=C/c2ccccc2OC(F)F)Oc2cc(OC(=O)C(Cl)c3ccccc3)ccc21. The molecule has 3 aromatic carbocycles. The summed E-state index contributed by atoms with van der Waals surface area (Å²) in [5, 5.41) is -1.01. The molecule has 0 bridgehead atoms. The van der Waals surface area contributed by atoms with Crippen molar-refractivity contribution >= 4 is 29.4 Å². The molecule has 8 heteroatoms. The van der Waals surface area contributed by atoms with Gasteiger partial charge >= 0.3 is 12.6 Å². The van der Waals surface area contributed by atoms with Gasteiger partial charge in [-0.15, -0.1) is 11.6 Å². The van der Waals surface area contributed by atoms with Crippen molar-refractivity contribution in [3.05, 3.63) is 95.2 Å². The summed E-state index contributed by atoms with van der Waals surface area (Å²) in [5.41, 5.74) is 1.08. The number of carbonyl (C=O) groups is 2. The van der Waals surface area contributed by atoms with Crippen LogP contribution in [-0.2, 0) is 4.79 Å². The van der Waals surface area contributed by atoms with Gasteiger partial charge in [0, 0.05) is 11.6 Å². The quantitative estimate of drug-likeness (QED) is 0.203. The molecule has 0 fully saturated rings. The topological polar surface area (TPSA) is 61.8 Å². The van der Waals surface area contributed by atoms with Crippen LogP contribution in [0.15, 0.2) is 78.6 Å². The summed E-state index contributed by atoms with van der Waals surface area (Å²) >= 11 is 6.18. The highest BCUT2D eigenvalue weighted by Gasteiger charge is 2.29. The van der Waals surface area contributed by atoms with Crippen molar-refractivity contribution in [1.82, 2.24) is 0 Å². The molecule has 3 aromatic rings. The molecule has 1 aliphatic rings. The van der Waals surface area contributed by atoms with E-state index < -0.39 is 23.7 Å². The van der Waals surface area contributed by atoms with E-state index in [1.54, 1.807) is 36.4 Å². The zero-order chi connectivity index (χ0) is 22.7. The monoisotopic (exact) mass is 456 g/mol. The molecule has 0 saturated carbocycles.